The van der Waals surface area contributed by atoms with Gasteiger partial charge in [-0.3, -0.25) is 0 Å². The zero-order chi connectivity index (χ0) is 13.7. The highest BCUT2D eigenvalue weighted by Gasteiger charge is 2.14. The van der Waals surface area contributed by atoms with Crippen molar-refractivity contribution in [3.63, 3.8) is 0 Å². The van der Waals surface area contributed by atoms with Gasteiger partial charge in [-0.25, -0.2) is 0 Å². The lowest BCUT2D eigenvalue weighted by molar-refractivity contribution is 0.503. The quantitative estimate of drug-likeness (QED) is 0.839. The predicted octanol–water partition coefficient (Wildman–Crippen LogP) is 4.18. The third-order valence-corrected chi connectivity index (χ3v) is 3.48. The Morgan fingerprint density at radius 1 is 1.21 bits per heavy atom. The second-order valence-corrected chi connectivity index (χ2v) is 5.13. The lowest BCUT2D eigenvalue weighted by Gasteiger charge is -2.18. The third-order valence-electron chi connectivity index (χ3n) is 3.48. The topological polar surface area (TPSA) is 25.2 Å². The van der Waals surface area contributed by atoms with Crippen molar-refractivity contribution in [1.29, 1.82) is 0 Å². The number of nitrogens with one attached hydrogen (secondary N) is 1. The fourth-order valence-electron chi connectivity index (χ4n) is 2.33. The molecule has 0 amide bonds. The molecule has 0 bridgehead atoms. The SMILES string of the molecule is CCCNC(Cc1ccccc1C)c1coc(C)c1. The summed E-state index contributed by atoms with van der Waals surface area (Å²) in [6.45, 7) is 7.39. The first-order chi connectivity index (χ1) is 9.20. The number of hydrogen-bond donors (Lipinski definition) is 1. The standard InChI is InChI=1S/C17H23NO/c1-4-9-18-17(16-10-14(3)19-12-16)11-15-8-6-5-7-13(15)2/h5-8,10,12,17-18H,4,9,11H2,1-3H3. The number of hydrogen-bond acceptors (Lipinski definition) is 2. The number of benzene rings is 1. The minimum absolute atomic E-state index is 0.332. The molecule has 2 aromatic rings. The van der Waals surface area contributed by atoms with Crippen LogP contribution in [0.25, 0.3) is 0 Å². The van der Waals surface area contributed by atoms with E-state index >= 15 is 0 Å². The van der Waals surface area contributed by atoms with Gasteiger partial charge in [0.15, 0.2) is 0 Å². The predicted molar refractivity (Wildman–Crippen MR) is 79.4 cm³/mol. The highest BCUT2D eigenvalue weighted by molar-refractivity contribution is 5.28. The van der Waals surface area contributed by atoms with Gasteiger partial charge in [-0.1, -0.05) is 31.2 Å². The Labute approximate surface area is 115 Å². The molecule has 0 fully saturated rings. The summed E-state index contributed by atoms with van der Waals surface area (Å²) in [6.07, 6.45) is 4.02. The van der Waals surface area contributed by atoms with Crippen LogP contribution in [0.2, 0.25) is 0 Å². The molecule has 1 N–H and O–H groups in total. The molecule has 0 aliphatic carbocycles. The van der Waals surface area contributed by atoms with Gasteiger partial charge < -0.3 is 9.73 Å². The molecule has 102 valence electrons. The highest BCUT2D eigenvalue weighted by atomic mass is 16.3. The minimum Gasteiger partial charge on any atom is -0.469 e. The molecule has 0 aliphatic heterocycles. The van der Waals surface area contributed by atoms with Crippen LogP contribution >= 0.6 is 0 Å². The van der Waals surface area contributed by atoms with Crippen molar-refractivity contribution in [3.8, 4) is 0 Å². The zero-order valence-corrected chi connectivity index (χ0v) is 12.1. The molecule has 0 aliphatic rings. The average molecular weight is 257 g/mol. The molecule has 1 atom stereocenters. The fourth-order valence-corrected chi connectivity index (χ4v) is 2.33. The molecular formula is C17H23NO. The van der Waals surface area contributed by atoms with Crippen LogP contribution in [0.5, 0.6) is 0 Å². The van der Waals surface area contributed by atoms with Gasteiger partial charge in [0.05, 0.1) is 6.26 Å². The fraction of sp³-hybridized carbons (Fsp3) is 0.412. The van der Waals surface area contributed by atoms with Crippen molar-refractivity contribution in [2.75, 3.05) is 6.54 Å². The highest BCUT2D eigenvalue weighted by Crippen LogP contribution is 2.22. The van der Waals surface area contributed by atoms with Crippen LogP contribution in [0.4, 0.5) is 0 Å². The van der Waals surface area contributed by atoms with Crippen LogP contribution in [0.3, 0.4) is 0 Å². The van der Waals surface area contributed by atoms with Crippen LogP contribution in [-0.2, 0) is 6.42 Å². The van der Waals surface area contributed by atoms with Gasteiger partial charge in [-0.15, -0.1) is 0 Å². The van der Waals surface area contributed by atoms with Gasteiger partial charge in [0, 0.05) is 11.6 Å². The molecule has 0 saturated carbocycles. The summed E-state index contributed by atoms with van der Waals surface area (Å²) in [5, 5.41) is 3.61. The van der Waals surface area contributed by atoms with Crippen LogP contribution < -0.4 is 5.32 Å². The van der Waals surface area contributed by atoms with E-state index in [0.29, 0.717) is 6.04 Å². The molecule has 0 spiro atoms. The summed E-state index contributed by atoms with van der Waals surface area (Å²) < 4.78 is 5.45. The first kappa shape index (κ1) is 13.9. The van der Waals surface area contributed by atoms with Crippen LogP contribution in [0.1, 0.15) is 41.8 Å². The smallest absolute Gasteiger partial charge is 0.101 e. The van der Waals surface area contributed by atoms with E-state index in [0.717, 1.165) is 25.1 Å². The van der Waals surface area contributed by atoms with Crippen LogP contribution in [-0.4, -0.2) is 6.54 Å². The summed E-state index contributed by atoms with van der Waals surface area (Å²) in [5.41, 5.74) is 4.00. The zero-order valence-electron chi connectivity index (χ0n) is 12.1. The molecule has 1 aromatic carbocycles. The van der Waals surface area contributed by atoms with Gasteiger partial charge in [0.2, 0.25) is 0 Å². The second-order valence-electron chi connectivity index (χ2n) is 5.13. The van der Waals surface area contributed by atoms with Crippen molar-refractivity contribution in [2.45, 2.75) is 39.7 Å². The second kappa shape index (κ2) is 6.58. The largest absolute Gasteiger partial charge is 0.469 e. The van der Waals surface area contributed by atoms with E-state index in [1.165, 1.54) is 16.7 Å². The Morgan fingerprint density at radius 2 is 2.00 bits per heavy atom. The Hall–Kier alpha value is -1.54. The first-order valence-electron chi connectivity index (χ1n) is 7.03. The van der Waals surface area contributed by atoms with E-state index in [1.807, 2.05) is 13.2 Å². The van der Waals surface area contributed by atoms with E-state index in [2.05, 4.69) is 49.5 Å². The molecule has 0 saturated heterocycles. The molecule has 2 heteroatoms. The monoisotopic (exact) mass is 257 g/mol. The Bertz CT molecular complexity index is 515. The first-order valence-corrected chi connectivity index (χ1v) is 7.03. The molecule has 1 heterocycles. The Balaban J connectivity index is 2.16. The van der Waals surface area contributed by atoms with Crippen molar-refractivity contribution in [3.05, 3.63) is 59.0 Å². The van der Waals surface area contributed by atoms with Gasteiger partial charge in [-0.05, 0) is 50.4 Å². The Kier molecular flexibility index (Phi) is 4.80. The van der Waals surface area contributed by atoms with E-state index in [9.17, 15) is 0 Å². The van der Waals surface area contributed by atoms with Crippen molar-refractivity contribution in [2.24, 2.45) is 0 Å². The van der Waals surface area contributed by atoms with Crippen molar-refractivity contribution >= 4 is 0 Å². The van der Waals surface area contributed by atoms with Gasteiger partial charge in [0.1, 0.15) is 5.76 Å². The lowest BCUT2D eigenvalue weighted by atomic mass is 9.97. The molecule has 19 heavy (non-hydrogen) atoms. The van der Waals surface area contributed by atoms with E-state index in [-0.39, 0.29) is 0 Å². The number of furan rings is 1. The minimum atomic E-state index is 0.332. The summed E-state index contributed by atoms with van der Waals surface area (Å²) in [4.78, 5) is 0. The molecule has 1 aromatic heterocycles. The third kappa shape index (κ3) is 3.71. The van der Waals surface area contributed by atoms with Gasteiger partial charge >= 0.3 is 0 Å². The van der Waals surface area contributed by atoms with E-state index in [4.69, 9.17) is 4.42 Å². The molecule has 0 radical (unpaired) electrons. The summed E-state index contributed by atoms with van der Waals surface area (Å²) in [5.74, 6) is 0.975. The van der Waals surface area contributed by atoms with E-state index in [1.54, 1.807) is 0 Å². The van der Waals surface area contributed by atoms with Crippen molar-refractivity contribution < 1.29 is 4.42 Å². The lowest BCUT2D eigenvalue weighted by Crippen LogP contribution is -2.24. The van der Waals surface area contributed by atoms with Crippen LogP contribution in [0.15, 0.2) is 41.0 Å². The van der Waals surface area contributed by atoms with Crippen molar-refractivity contribution in [1.82, 2.24) is 5.32 Å². The summed E-state index contributed by atoms with van der Waals surface area (Å²) in [6, 6.07) is 11.1. The molecular weight excluding hydrogens is 234 g/mol. The normalized spacial score (nSPS) is 12.6. The maximum absolute atomic E-state index is 5.45. The number of rotatable bonds is 6. The van der Waals surface area contributed by atoms with Crippen LogP contribution in [0, 0.1) is 13.8 Å². The average Bonchev–Trinajstić information content (AvgIpc) is 2.83. The molecule has 1 unspecified atom stereocenters. The summed E-state index contributed by atoms with van der Waals surface area (Å²) >= 11 is 0. The maximum atomic E-state index is 5.45. The Morgan fingerprint density at radius 3 is 2.63 bits per heavy atom. The summed E-state index contributed by atoms with van der Waals surface area (Å²) in [7, 11) is 0. The maximum Gasteiger partial charge on any atom is 0.101 e. The molecule has 2 nitrogen and oxygen atoms in total. The van der Waals surface area contributed by atoms with E-state index < -0.39 is 0 Å². The van der Waals surface area contributed by atoms with Gasteiger partial charge in [-0.2, -0.15) is 0 Å². The number of aryl methyl sites for hydroxylation is 2. The van der Waals surface area contributed by atoms with Gasteiger partial charge in [0.25, 0.3) is 0 Å². The molecule has 2 rings (SSSR count).